The Morgan fingerprint density at radius 3 is 2.90 bits per heavy atom. The lowest BCUT2D eigenvalue weighted by Crippen LogP contribution is -2.29. The monoisotopic (exact) mass is 274 g/mol. The largest absolute Gasteiger partial charge is 0.495 e. The molecule has 2 rings (SSSR count). The molecule has 0 saturated carbocycles. The van der Waals surface area contributed by atoms with E-state index in [1.165, 1.54) is 0 Å². The van der Waals surface area contributed by atoms with Crippen LogP contribution in [0.5, 0.6) is 5.75 Å². The SMILES string of the molecule is CCn1cncc1C(Nc1ccccc1OC)C(N)=O. The van der Waals surface area contributed by atoms with Gasteiger partial charge in [0.25, 0.3) is 0 Å². The van der Waals surface area contributed by atoms with Crippen LogP contribution in [0, 0.1) is 0 Å². The van der Waals surface area contributed by atoms with E-state index in [2.05, 4.69) is 10.3 Å². The van der Waals surface area contributed by atoms with Crippen LogP contribution in [-0.4, -0.2) is 22.6 Å². The van der Waals surface area contributed by atoms with E-state index in [0.29, 0.717) is 18.0 Å². The molecule has 0 radical (unpaired) electrons. The van der Waals surface area contributed by atoms with E-state index < -0.39 is 11.9 Å². The number of ether oxygens (including phenoxy) is 1. The molecule has 0 aliphatic rings. The lowest BCUT2D eigenvalue weighted by molar-refractivity contribution is -0.119. The summed E-state index contributed by atoms with van der Waals surface area (Å²) in [5, 5.41) is 3.11. The van der Waals surface area contributed by atoms with Gasteiger partial charge in [0.1, 0.15) is 11.8 Å². The first-order chi connectivity index (χ1) is 9.67. The van der Waals surface area contributed by atoms with Gasteiger partial charge in [-0.2, -0.15) is 0 Å². The van der Waals surface area contributed by atoms with Crippen molar-refractivity contribution in [3.8, 4) is 5.75 Å². The standard InChI is InChI=1S/C14H18N4O2/c1-3-18-9-16-8-11(18)13(14(15)19)17-10-6-4-5-7-12(10)20-2/h4-9,13,17H,3H2,1-2H3,(H2,15,19). The van der Waals surface area contributed by atoms with Gasteiger partial charge in [0.15, 0.2) is 0 Å². The molecule has 3 N–H and O–H groups in total. The van der Waals surface area contributed by atoms with E-state index in [9.17, 15) is 4.79 Å². The predicted molar refractivity (Wildman–Crippen MR) is 76.5 cm³/mol. The van der Waals surface area contributed by atoms with Crippen molar-refractivity contribution in [2.75, 3.05) is 12.4 Å². The topological polar surface area (TPSA) is 82.2 Å². The van der Waals surface area contributed by atoms with Gasteiger partial charge >= 0.3 is 0 Å². The molecule has 0 saturated heterocycles. The number of amides is 1. The maximum absolute atomic E-state index is 11.7. The van der Waals surface area contributed by atoms with Crippen LogP contribution < -0.4 is 15.8 Å². The van der Waals surface area contributed by atoms with Gasteiger partial charge in [-0.3, -0.25) is 4.79 Å². The van der Waals surface area contributed by atoms with Crippen molar-refractivity contribution >= 4 is 11.6 Å². The maximum atomic E-state index is 11.7. The summed E-state index contributed by atoms with van der Waals surface area (Å²) in [7, 11) is 1.58. The summed E-state index contributed by atoms with van der Waals surface area (Å²) in [5.41, 5.74) is 6.95. The number of primary amides is 1. The second kappa shape index (κ2) is 6.10. The summed E-state index contributed by atoms with van der Waals surface area (Å²) in [6.07, 6.45) is 3.32. The zero-order valence-corrected chi connectivity index (χ0v) is 11.5. The number of aromatic nitrogens is 2. The molecule has 6 nitrogen and oxygen atoms in total. The quantitative estimate of drug-likeness (QED) is 0.837. The highest BCUT2D eigenvalue weighted by Gasteiger charge is 2.22. The second-order valence-electron chi connectivity index (χ2n) is 4.28. The zero-order valence-electron chi connectivity index (χ0n) is 11.5. The number of rotatable bonds is 6. The Bertz CT molecular complexity index is 594. The van der Waals surface area contributed by atoms with Gasteiger partial charge in [0.2, 0.25) is 5.91 Å². The number of nitrogens with two attached hydrogens (primary N) is 1. The molecule has 106 valence electrons. The Morgan fingerprint density at radius 1 is 1.50 bits per heavy atom. The fourth-order valence-corrected chi connectivity index (χ4v) is 2.05. The van der Waals surface area contributed by atoms with Crippen LogP contribution >= 0.6 is 0 Å². The minimum absolute atomic E-state index is 0.467. The molecule has 0 aliphatic heterocycles. The number of carbonyl (C=O) groups is 1. The average molecular weight is 274 g/mol. The highest BCUT2D eigenvalue weighted by Crippen LogP contribution is 2.27. The minimum Gasteiger partial charge on any atom is -0.495 e. The minimum atomic E-state index is -0.659. The van der Waals surface area contributed by atoms with Crippen LogP contribution in [0.3, 0.4) is 0 Å². The number of hydrogen-bond acceptors (Lipinski definition) is 4. The van der Waals surface area contributed by atoms with Gasteiger partial charge in [-0.1, -0.05) is 12.1 Å². The summed E-state index contributed by atoms with van der Waals surface area (Å²) >= 11 is 0. The summed E-state index contributed by atoms with van der Waals surface area (Å²) in [6, 6.07) is 6.71. The maximum Gasteiger partial charge on any atom is 0.246 e. The van der Waals surface area contributed by atoms with Crippen LogP contribution in [-0.2, 0) is 11.3 Å². The first-order valence-electron chi connectivity index (χ1n) is 6.36. The van der Waals surface area contributed by atoms with Crippen molar-refractivity contribution in [1.82, 2.24) is 9.55 Å². The van der Waals surface area contributed by atoms with Crippen LogP contribution in [0.25, 0.3) is 0 Å². The van der Waals surface area contributed by atoms with E-state index in [4.69, 9.17) is 10.5 Å². The number of anilines is 1. The van der Waals surface area contributed by atoms with E-state index in [1.807, 2.05) is 35.8 Å². The first-order valence-corrected chi connectivity index (χ1v) is 6.36. The number of nitrogens with zero attached hydrogens (tertiary/aromatic N) is 2. The number of nitrogens with one attached hydrogen (secondary N) is 1. The molecule has 6 heteroatoms. The van der Waals surface area contributed by atoms with Gasteiger partial charge in [0.05, 0.1) is 31.0 Å². The molecule has 1 amide bonds. The lowest BCUT2D eigenvalue weighted by atomic mass is 10.1. The molecule has 1 unspecified atom stereocenters. The number of hydrogen-bond donors (Lipinski definition) is 2. The van der Waals surface area contributed by atoms with E-state index >= 15 is 0 Å². The summed E-state index contributed by atoms with van der Waals surface area (Å²) < 4.78 is 7.14. The Morgan fingerprint density at radius 2 is 2.25 bits per heavy atom. The van der Waals surface area contributed by atoms with Crippen molar-refractivity contribution in [2.45, 2.75) is 19.5 Å². The highest BCUT2D eigenvalue weighted by molar-refractivity contribution is 5.84. The molecule has 0 spiro atoms. The van der Waals surface area contributed by atoms with Gasteiger partial charge in [-0.25, -0.2) is 4.98 Å². The van der Waals surface area contributed by atoms with E-state index in [1.54, 1.807) is 19.6 Å². The molecule has 2 aromatic rings. The number of aryl methyl sites for hydroxylation is 1. The molecular weight excluding hydrogens is 256 g/mol. The Balaban J connectivity index is 2.33. The second-order valence-corrected chi connectivity index (χ2v) is 4.28. The fraction of sp³-hybridized carbons (Fsp3) is 0.286. The van der Waals surface area contributed by atoms with Crippen LogP contribution in [0.4, 0.5) is 5.69 Å². The van der Waals surface area contributed by atoms with Crippen LogP contribution in [0.2, 0.25) is 0 Å². The first kappa shape index (κ1) is 13.9. The van der Waals surface area contributed by atoms with Crippen molar-refractivity contribution in [3.63, 3.8) is 0 Å². The third kappa shape index (κ3) is 2.74. The number of carbonyl (C=O) groups excluding carboxylic acids is 1. The number of benzene rings is 1. The molecule has 0 aliphatic carbocycles. The van der Waals surface area contributed by atoms with Crippen molar-refractivity contribution in [1.29, 1.82) is 0 Å². The Kier molecular flexibility index (Phi) is 4.24. The van der Waals surface area contributed by atoms with Crippen molar-refractivity contribution in [3.05, 3.63) is 42.5 Å². The Hall–Kier alpha value is -2.50. The normalized spacial score (nSPS) is 11.9. The molecule has 0 fully saturated rings. The zero-order chi connectivity index (χ0) is 14.5. The molecule has 0 bridgehead atoms. The van der Waals surface area contributed by atoms with Gasteiger partial charge in [0, 0.05) is 6.54 Å². The van der Waals surface area contributed by atoms with E-state index in [0.717, 1.165) is 5.69 Å². The van der Waals surface area contributed by atoms with Crippen molar-refractivity contribution < 1.29 is 9.53 Å². The van der Waals surface area contributed by atoms with E-state index in [-0.39, 0.29) is 0 Å². The fourth-order valence-electron chi connectivity index (χ4n) is 2.05. The molecule has 1 atom stereocenters. The highest BCUT2D eigenvalue weighted by atomic mass is 16.5. The third-order valence-electron chi connectivity index (χ3n) is 3.07. The lowest BCUT2D eigenvalue weighted by Gasteiger charge is -2.19. The van der Waals surface area contributed by atoms with Crippen molar-refractivity contribution in [2.24, 2.45) is 5.73 Å². The molecular formula is C14H18N4O2. The number of imidazole rings is 1. The number of methoxy groups -OCH3 is 1. The van der Waals surface area contributed by atoms with Gasteiger partial charge < -0.3 is 20.4 Å². The van der Waals surface area contributed by atoms with Gasteiger partial charge in [-0.05, 0) is 19.1 Å². The number of para-hydroxylation sites is 2. The average Bonchev–Trinajstić information content (AvgIpc) is 2.92. The van der Waals surface area contributed by atoms with Crippen LogP contribution in [0.15, 0.2) is 36.8 Å². The summed E-state index contributed by atoms with van der Waals surface area (Å²) in [6.45, 7) is 2.69. The van der Waals surface area contributed by atoms with Crippen LogP contribution in [0.1, 0.15) is 18.7 Å². The smallest absolute Gasteiger partial charge is 0.246 e. The predicted octanol–water partition coefficient (Wildman–Crippen LogP) is 1.55. The summed E-state index contributed by atoms with van der Waals surface area (Å²) in [5.74, 6) is 0.187. The van der Waals surface area contributed by atoms with Gasteiger partial charge in [-0.15, -0.1) is 0 Å². The molecule has 1 aromatic carbocycles. The molecule has 1 aromatic heterocycles. The third-order valence-corrected chi connectivity index (χ3v) is 3.07. The molecule has 1 heterocycles. The summed E-state index contributed by atoms with van der Waals surface area (Å²) in [4.78, 5) is 15.8. The Labute approximate surface area is 117 Å². The molecule has 20 heavy (non-hydrogen) atoms.